The van der Waals surface area contributed by atoms with E-state index in [-0.39, 0.29) is 30.0 Å². The molecular formula is C29H32N4O4S2. The quantitative estimate of drug-likeness (QED) is 0.404. The molecule has 204 valence electrons. The van der Waals surface area contributed by atoms with E-state index in [4.69, 9.17) is 5.73 Å². The molecule has 1 aromatic heterocycles. The van der Waals surface area contributed by atoms with Crippen LogP contribution in [0.4, 0.5) is 5.69 Å². The molecule has 2 atom stereocenters. The van der Waals surface area contributed by atoms with Gasteiger partial charge in [-0.05, 0) is 54.6 Å². The maximum absolute atomic E-state index is 13.8. The van der Waals surface area contributed by atoms with Gasteiger partial charge in [-0.3, -0.25) is 19.2 Å². The largest absolute Gasteiger partial charge is 0.399 e. The highest BCUT2D eigenvalue weighted by atomic mass is 32.2. The summed E-state index contributed by atoms with van der Waals surface area (Å²) in [6, 6.07) is 16.7. The Labute approximate surface area is 236 Å². The number of carbonyl (C=O) groups is 4. The number of nitrogens with one attached hydrogen (secondary N) is 1. The Balaban J connectivity index is 1.45. The first kappa shape index (κ1) is 28.4. The van der Waals surface area contributed by atoms with Gasteiger partial charge in [0.25, 0.3) is 11.8 Å². The fourth-order valence-corrected chi connectivity index (χ4v) is 6.00. The summed E-state index contributed by atoms with van der Waals surface area (Å²) in [5.74, 6) is -0.0296. The summed E-state index contributed by atoms with van der Waals surface area (Å²) in [7, 11) is 0. The molecule has 39 heavy (non-hydrogen) atoms. The smallest absolute Gasteiger partial charge is 0.254 e. The molecule has 4 rings (SSSR count). The van der Waals surface area contributed by atoms with E-state index in [0.717, 1.165) is 5.56 Å². The number of carbonyl (C=O) groups excluding carboxylic acids is 4. The number of thioether (sulfide) groups is 1. The van der Waals surface area contributed by atoms with Gasteiger partial charge in [0.05, 0.1) is 18.2 Å². The zero-order valence-corrected chi connectivity index (χ0v) is 23.4. The SMILES string of the molecule is CC1C(=O)CN(C(=O)c2ccc(N)cc2)CCCN1C(=O)C(CSCc1ccccc1)NC(=O)c1ccsc1. The summed E-state index contributed by atoms with van der Waals surface area (Å²) in [5.41, 5.74) is 8.38. The first-order valence-corrected chi connectivity index (χ1v) is 14.9. The third-order valence-corrected chi connectivity index (χ3v) is 8.41. The molecule has 0 radical (unpaired) electrons. The molecule has 1 fully saturated rings. The van der Waals surface area contributed by atoms with Crippen molar-refractivity contribution in [3.63, 3.8) is 0 Å². The Morgan fingerprint density at radius 2 is 1.79 bits per heavy atom. The van der Waals surface area contributed by atoms with Gasteiger partial charge in [0.2, 0.25) is 5.91 Å². The normalized spacial score (nSPS) is 16.7. The van der Waals surface area contributed by atoms with Gasteiger partial charge in [0.1, 0.15) is 6.04 Å². The first-order valence-electron chi connectivity index (χ1n) is 12.8. The van der Waals surface area contributed by atoms with Crippen LogP contribution >= 0.6 is 23.1 Å². The maximum atomic E-state index is 13.8. The van der Waals surface area contributed by atoms with Crippen molar-refractivity contribution in [1.82, 2.24) is 15.1 Å². The second kappa shape index (κ2) is 13.4. The fraction of sp³-hybridized carbons (Fsp3) is 0.310. The standard InChI is InChI=1S/C29H32N4O4S2/c1-20-26(34)16-32(28(36)22-8-10-24(30)11-9-22)13-5-14-33(20)29(37)25(31-27(35)23-12-15-38-18-23)19-39-17-21-6-3-2-4-7-21/h2-4,6-12,15,18,20,25H,5,13-14,16-17,19,30H2,1H3,(H,31,35). The molecule has 3 N–H and O–H groups in total. The van der Waals surface area contributed by atoms with Crippen molar-refractivity contribution in [2.24, 2.45) is 0 Å². The van der Waals surface area contributed by atoms with Crippen molar-refractivity contribution in [3.05, 3.63) is 88.1 Å². The van der Waals surface area contributed by atoms with Crippen molar-refractivity contribution >= 4 is 52.3 Å². The Morgan fingerprint density at radius 3 is 2.49 bits per heavy atom. The molecule has 3 aromatic rings. The monoisotopic (exact) mass is 564 g/mol. The van der Waals surface area contributed by atoms with E-state index >= 15 is 0 Å². The average molecular weight is 565 g/mol. The molecule has 0 spiro atoms. The van der Waals surface area contributed by atoms with E-state index in [1.54, 1.807) is 59.3 Å². The number of anilines is 1. The number of nitrogens with two attached hydrogens (primary N) is 1. The van der Waals surface area contributed by atoms with Crippen molar-refractivity contribution in [2.45, 2.75) is 31.2 Å². The van der Waals surface area contributed by atoms with Crippen molar-refractivity contribution in [1.29, 1.82) is 0 Å². The molecule has 0 bridgehead atoms. The first-order chi connectivity index (χ1) is 18.8. The van der Waals surface area contributed by atoms with E-state index in [2.05, 4.69) is 5.32 Å². The van der Waals surface area contributed by atoms with Gasteiger partial charge in [-0.25, -0.2) is 0 Å². The van der Waals surface area contributed by atoms with Crippen LogP contribution in [0.5, 0.6) is 0 Å². The predicted molar refractivity (Wildman–Crippen MR) is 156 cm³/mol. The lowest BCUT2D eigenvalue weighted by Gasteiger charge is -2.36. The van der Waals surface area contributed by atoms with Gasteiger partial charge in [0.15, 0.2) is 5.78 Å². The molecule has 0 aliphatic carbocycles. The third kappa shape index (κ3) is 7.48. The second-order valence-corrected chi connectivity index (χ2v) is 11.2. The Morgan fingerprint density at radius 1 is 1.05 bits per heavy atom. The van der Waals surface area contributed by atoms with Crippen LogP contribution in [0.15, 0.2) is 71.4 Å². The molecule has 1 aliphatic rings. The van der Waals surface area contributed by atoms with Crippen LogP contribution in [0, 0.1) is 0 Å². The van der Waals surface area contributed by atoms with Gasteiger partial charge in [-0.1, -0.05) is 30.3 Å². The van der Waals surface area contributed by atoms with Gasteiger partial charge in [-0.15, -0.1) is 0 Å². The van der Waals surface area contributed by atoms with Gasteiger partial charge in [-0.2, -0.15) is 23.1 Å². The highest BCUT2D eigenvalue weighted by Gasteiger charge is 2.35. The molecule has 2 heterocycles. The maximum Gasteiger partial charge on any atom is 0.254 e. The van der Waals surface area contributed by atoms with E-state index in [9.17, 15) is 19.2 Å². The third-order valence-electron chi connectivity index (χ3n) is 6.62. The summed E-state index contributed by atoms with van der Waals surface area (Å²) < 4.78 is 0. The summed E-state index contributed by atoms with van der Waals surface area (Å²) in [4.78, 5) is 56.0. The van der Waals surface area contributed by atoms with Crippen LogP contribution in [-0.4, -0.2) is 70.8 Å². The molecule has 1 aliphatic heterocycles. The zero-order valence-electron chi connectivity index (χ0n) is 21.7. The van der Waals surface area contributed by atoms with Crippen LogP contribution in [0.3, 0.4) is 0 Å². The topological polar surface area (TPSA) is 113 Å². The van der Waals surface area contributed by atoms with Gasteiger partial charge < -0.3 is 20.9 Å². The molecule has 3 amide bonds. The summed E-state index contributed by atoms with van der Waals surface area (Å²) in [5, 5.41) is 6.45. The molecule has 8 nitrogen and oxygen atoms in total. The lowest BCUT2D eigenvalue weighted by Crippen LogP contribution is -2.57. The lowest BCUT2D eigenvalue weighted by molar-refractivity contribution is -0.141. The van der Waals surface area contributed by atoms with E-state index in [1.165, 1.54) is 16.2 Å². The van der Waals surface area contributed by atoms with Crippen LogP contribution in [0.1, 0.15) is 39.6 Å². The van der Waals surface area contributed by atoms with Crippen LogP contribution in [0.25, 0.3) is 0 Å². The number of hydrogen-bond acceptors (Lipinski definition) is 7. The Kier molecular flexibility index (Phi) is 9.78. The highest BCUT2D eigenvalue weighted by molar-refractivity contribution is 7.98. The summed E-state index contributed by atoms with van der Waals surface area (Å²) in [6.07, 6.45) is 0.506. The minimum Gasteiger partial charge on any atom is -0.399 e. The fourth-order valence-electron chi connectivity index (χ4n) is 4.36. The van der Waals surface area contributed by atoms with E-state index in [1.807, 2.05) is 35.7 Å². The molecular weight excluding hydrogens is 532 g/mol. The van der Waals surface area contributed by atoms with E-state index in [0.29, 0.717) is 47.8 Å². The number of amides is 3. The van der Waals surface area contributed by atoms with Gasteiger partial charge in [0, 0.05) is 41.2 Å². The Hall–Kier alpha value is -3.63. The van der Waals surface area contributed by atoms with Crippen molar-refractivity contribution in [2.75, 3.05) is 31.1 Å². The van der Waals surface area contributed by atoms with E-state index < -0.39 is 12.1 Å². The molecule has 1 saturated heterocycles. The number of Topliss-reactive ketones (excluding diaryl/α,β-unsaturated/α-hetero) is 1. The minimum atomic E-state index is -0.798. The van der Waals surface area contributed by atoms with Gasteiger partial charge >= 0.3 is 0 Å². The zero-order chi connectivity index (χ0) is 27.8. The summed E-state index contributed by atoms with van der Waals surface area (Å²) >= 11 is 2.96. The highest BCUT2D eigenvalue weighted by Crippen LogP contribution is 2.18. The summed E-state index contributed by atoms with van der Waals surface area (Å²) in [6.45, 7) is 2.22. The number of thiophene rings is 1. The number of ketones is 1. The average Bonchev–Trinajstić information content (AvgIpc) is 3.49. The number of hydrogen-bond donors (Lipinski definition) is 2. The molecule has 0 saturated carbocycles. The number of nitrogen functional groups attached to an aromatic ring is 1. The Bertz CT molecular complexity index is 1280. The van der Waals surface area contributed by atoms with Crippen LogP contribution in [-0.2, 0) is 15.3 Å². The molecule has 2 unspecified atom stereocenters. The predicted octanol–water partition coefficient (Wildman–Crippen LogP) is 3.69. The number of nitrogens with zero attached hydrogens (tertiary/aromatic N) is 2. The molecule has 2 aromatic carbocycles. The van der Waals surface area contributed by atoms with Crippen molar-refractivity contribution < 1.29 is 19.2 Å². The van der Waals surface area contributed by atoms with Crippen LogP contribution in [0.2, 0.25) is 0 Å². The lowest BCUT2D eigenvalue weighted by atomic mass is 10.1. The minimum absolute atomic E-state index is 0.0944. The number of rotatable bonds is 8. The number of benzene rings is 2. The van der Waals surface area contributed by atoms with Crippen LogP contribution < -0.4 is 11.1 Å². The molecule has 10 heteroatoms. The van der Waals surface area contributed by atoms with Crippen molar-refractivity contribution in [3.8, 4) is 0 Å². The second-order valence-electron chi connectivity index (χ2n) is 9.41.